The Morgan fingerprint density at radius 3 is 2.62 bits per heavy atom. The molecule has 4 aromatic rings. The highest BCUT2D eigenvalue weighted by Crippen LogP contribution is 2.32. The maximum absolute atomic E-state index is 12.3. The van der Waals surface area contributed by atoms with E-state index in [1.54, 1.807) is 37.6 Å². The fraction of sp³-hybridized carbons (Fsp3) is 0.136. The summed E-state index contributed by atoms with van der Waals surface area (Å²) < 4.78 is 12.3. The number of hydrogen-bond acceptors (Lipinski definition) is 6. The molecule has 0 fully saturated rings. The first-order valence-corrected chi connectivity index (χ1v) is 11.3. The van der Waals surface area contributed by atoms with E-state index < -0.39 is 0 Å². The second kappa shape index (κ2) is 10.1. The lowest BCUT2D eigenvalue weighted by molar-refractivity contribution is -0.118. The first kappa shape index (κ1) is 22.3. The van der Waals surface area contributed by atoms with Crippen molar-refractivity contribution in [3.63, 3.8) is 0 Å². The molecule has 164 valence electrons. The van der Waals surface area contributed by atoms with Crippen LogP contribution in [0.3, 0.4) is 0 Å². The van der Waals surface area contributed by atoms with Gasteiger partial charge >= 0.3 is 0 Å². The largest absolute Gasteiger partial charge is 0.497 e. The number of amides is 1. The van der Waals surface area contributed by atoms with Gasteiger partial charge in [0.1, 0.15) is 11.5 Å². The molecule has 1 amide bonds. The molecule has 0 aliphatic rings. The normalized spacial score (nSPS) is 10.8. The second-order valence-electron chi connectivity index (χ2n) is 6.61. The van der Waals surface area contributed by atoms with Gasteiger partial charge in [-0.2, -0.15) is 0 Å². The summed E-state index contributed by atoms with van der Waals surface area (Å²) in [6, 6.07) is 16.3. The fourth-order valence-electron chi connectivity index (χ4n) is 2.93. The number of methoxy groups -OCH3 is 1. The fourth-order valence-corrected chi connectivity index (χ4v) is 4.00. The van der Waals surface area contributed by atoms with Gasteiger partial charge in [0, 0.05) is 5.56 Å². The number of nitrogens with zero attached hydrogens (tertiary/aromatic N) is 3. The van der Waals surface area contributed by atoms with Gasteiger partial charge < -0.3 is 14.5 Å². The van der Waals surface area contributed by atoms with Crippen molar-refractivity contribution in [2.45, 2.75) is 11.7 Å². The first-order chi connectivity index (χ1) is 15.5. The molecule has 0 spiro atoms. The van der Waals surface area contributed by atoms with Crippen molar-refractivity contribution in [3.8, 4) is 22.8 Å². The van der Waals surface area contributed by atoms with E-state index in [4.69, 9.17) is 32.4 Å². The van der Waals surface area contributed by atoms with Gasteiger partial charge in [0.25, 0.3) is 0 Å². The van der Waals surface area contributed by atoms with Crippen LogP contribution in [-0.2, 0) is 11.3 Å². The molecule has 2 heterocycles. The summed E-state index contributed by atoms with van der Waals surface area (Å²) in [5.41, 5.74) is 1.56. The highest BCUT2D eigenvalue weighted by molar-refractivity contribution is 7.99. The van der Waals surface area contributed by atoms with Gasteiger partial charge in [-0.1, -0.05) is 35.0 Å². The molecular formula is C22H18Cl2N4O3S. The topological polar surface area (TPSA) is 82.2 Å². The van der Waals surface area contributed by atoms with E-state index >= 15 is 0 Å². The van der Waals surface area contributed by atoms with Crippen molar-refractivity contribution in [1.29, 1.82) is 0 Å². The number of thioether (sulfide) groups is 1. The quantitative estimate of drug-likeness (QED) is 0.341. The zero-order valence-electron chi connectivity index (χ0n) is 16.9. The average Bonchev–Trinajstić information content (AvgIpc) is 3.48. The van der Waals surface area contributed by atoms with Crippen molar-refractivity contribution >= 4 is 40.9 Å². The van der Waals surface area contributed by atoms with Crippen LogP contribution >= 0.6 is 35.0 Å². The molecule has 0 unspecified atom stereocenters. The lowest BCUT2D eigenvalue weighted by atomic mass is 10.2. The Kier molecular flexibility index (Phi) is 7.04. The van der Waals surface area contributed by atoms with Crippen molar-refractivity contribution in [1.82, 2.24) is 20.1 Å². The van der Waals surface area contributed by atoms with Crippen LogP contribution in [0.1, 0.15) is 5.76 Å². The van der Waals surface area contributed by atoms with Crippen LogP contribution in [0.4, 0.5) is 0 Å². The van der Waals surface area contributed by atoms with Gasteiger partial charge in [-0.15, -0.1) is 10.2 Å². The Bertz CT molecular complexity index is 1210. The molecule has 2 aromatic heterocycles. The van der Waals surface area contributed by atoms with E-state index in [9.17, 15) is 4.79 Å². The monoisotopic (exact) mass is 488 g/mol. The van der Waals surface area contributed by atoms with E-state index in [-0.39, 0.29) is 11.7 Å². The summed E-state index contributed by atoms with van der Waals surface area (Å²) in [7, 11) is 1.61. The van der Waals surface area contributed by atoms with E-state index in [2.05, 4.69) is 15.5 Å². The Morgan fingerprint density at radius 2 is 1.94 bits per heavy atom. The Balaban J connectivity index is 1.60. The first-order valence-electron chi connectivity index (χ1n) is 9.52. The van der Waals surface area contributed by atoms with E-state index in [1.165, 1.54) is 11.8 Å². The minimum absolute atomic E-state index is 0.152. The maximum Gasteiger partial charge on any atom is 0.230 e. The summed E-state index contributed by atoms with van der Waals surface area (Å²) >= 11 is 13.6. The summed E-state index contributed by atoms with van der Waals surface area (Å²) in [6.07, 6.45) is 1.57. The highest BCUT2D eigenvalue weighted by Gasteiger charge is 2.18. The molecule has 2 aromatic carbocycles. The van der Waals surface area contributed by atoms with E-state index in [1.807, 2.05) is 34.9 Å². The molecule has 0 saturated heterocycles. The number of aromatic nitrogens is 3. The van der Waals surface area contributed by atoms with Crippen molar-refractivity contribution in [2.75, 3.05) is 12.9 Å². The number of benzene rings is 2. The predicted molar refractivity (Wildman–Crippen MR) is 125 cm³/mol. The van der Waals surface area contributed by atoms with Crippen molar-refractivity contribution in [2.24, 2.45) is 0 Å². The summed E-state index contributed by atoms with van der Waals surface area (Å²) in [4.78, 5) is 12.3. The van der Waals surface area contributed by atoms with Crippen LogP contribution in [0, 0.1) is 0 Å². The number of ether oxygens (including phenoxy) is 1. The molecule has 10 heteroatoms. The smallest absolute Gasteiger partial charge is 0.230 e. The zero-order chi connectivity index (χ0) is 22.5. The van der Waals surface area contributed by atoms with Crippen LogP contribution in [0.2, 0.25) is 10.0 Å². The summed E-state index contributed by atoms with van der Waals surface area (Å²) in [5, 5.41) is 12.9. The highest BCUT2D eigenvalue weighted by atomic mass is 35.5. The van der Waals surface area contributed by atoms with Crippen LogP contribution in [0.25, 0.3) is 17.1 Å². The SMILES string of the molecule is COc1ccc(-c2nnc(SCC(=O)NCc3ccco3)n2-c2ccc(Cl)c(Cl)c2)cc1. The van der Waals surface area contributed by atoms with Gasteiger partial charge in [-0.25, -0.2) is 0 Å². The number of rotatable bonds is 8. The van der Waals surface area contributed by atoms with Crippen LogP contribution in [0.5, 0.6) is 5.75 Å². The molecule has 0 saturated carbocycles. The number of furan rings is 1. The van der Waals surface area contributed by atoms with Crippen LogP contribution in [0.15, 0.2) is 70.4 Å². The predicted octanol–water partition coefficient (Wildman–Crippen LogP) is 5.25. The molecule has 0 bridgehead atoms. The third-order valence-corrected chi connectivity index (χ3v) is 6.18. The lowest BCUT2D eigenvalue weighted by Gasteiger charge is -2.12. The number of hydrogen-bond donors (Lipinski definition) is 1. The summed E-state index contributed by atoms with van der Waals surface area (Å²) in [5.74, 6) is 2.02. The zero-order valence-corrected chi connectivity index (χ0v) is 19.2. The Hall–Kier alpha value is -2.94. The molecular weight excluding hydrogens is 471 g/mol. The second-order valence-corrected chi connectivity index (χ2v) is 8.37. The third-order valence-electron chi connectivity index (χ3n) is 4.52. The third kappa shape index (κ3) is 5.09. The maximum atomic E-state index is 12.3. The molecule has 7 nitrogen and oxygen atoms in total. The number of carbonyl (C=O) groups is 1. The number of carbonyl (C=O) groups excluding carboxylic acids is 1. The Morgan fingerprint density at radius 1 is 1.12 bits per heavy atom. The van der Waals surface area contributed by atoms with Crippen LogP contribution < -0.4 is 10.1 Å². The molecule has 32 heavy (non-hydrogen) atoms. The Labute approximate surface area is 198 Å². The molecule has 0 aliphatic carbocycles. The molecule has 0 radical (unpaired) electrons. The summed E-state index contributed by atoms with van der Waals surface area (Å²) in [6.45, 7) is 0.322. The van der Waals surface area contributed by atoms with Gasteiger partial charge in [-0.3, -0.25) is 9.36 Å². The minimum atomic E-state index is -0.152. The van der Waals surface area contributed by atoms with Crippen molar-refractivity contribution in [3.05, 3.63) is 76.7 Å². The standard InChI is InChI=1S/C22H18Cl2N4O3S/c1-30-16-7-4-14(5-8-16)21-26-27-22(28(21)15-6-9-18(23)19(24)11-15)32-13-20(29)25-12-17-3-2-10-31-17/h2-11H,12-13H2,1H3,(H,25,29). The minimum Gasteiger partial charge on any atom is -0.497 e. The van der Waals surface area contributed by atoms with Gasteiger partial charge in [0.15, 0.2) is 11.0 Å². The molecule has 0 atom stereocenters. The molecule has 4 rings (SSSR count). The number of halogens is 2. The number of nitrogens with one attached hydrogen (secondary N) is 1. The van der Waals surface area contributed by atoms with Crippen LogP contribution in [-0.4, -0.2) is 33.5 Å². The molecule has 0 aliphatic heterocycles. The van der Waals surface area contributed by atoms with Crippen molar-refractivity contribution < 1.29 is 13.9 Å². The van der Waals surface area contributed by atoms with Gasteiger partial charge in [0.2, 0.25) is 5.91 Å². The van der Waals surface area contributed by atoms with Gasteiger partial charge in [0.05, 0.1) is 41.4 Å². The lowest BCUT2D eigenvalue weighted by Crippen LogP contribution is -2.24. The van der Waals surface area contributed by atoms with E-state index in [0.717, 1.165) is 17.0 Å². The average molecular weight is 489 g/mol. The van der Waals surface area contributed by atoms with E-state index in [0.29, 0.717) is 33.3 Å². The molecule has 1 N–H and O–H groups in total. The van der Waals surface area contributed by atoms with Gasteiger partial charge in [-0.05, 0) is 54.6 Å².